The summed E-state index contributed by atoms with van der Waals surface area (Å²) in [6.45, 7) is 0.345. The van der Waals surface area contributed by atoms with E-state index in [1.165, 1.54) is 12.1 Å². The fourth-order valence-corrected chi connectivity index (χ4v) is 2.42. The highest BCUT2D eigenvalue weighted by Gasteiger charge is 2.14. The number of hydrogen-bond acceptors (Lipinski definition) is 4. The van der Waals surface area contributed by atoms with Crippen molar-refractivity contribution in [2.24, 2.45) is 0 Å². The molecule has 2 aromatic rings. The highest BCUT2D eigenvalue weighted by molar-refractivity contribution is 9.10. The van der Waals surface area contributed by atoms with Crippen LogP contribution in [0.3, 0.4) is 0 Å². The molecule has 0 fully saturated rings. The van der Waals surface area contributed by atoms with Gasteiger partial charge < -0.3 is 10.4 Å². The number of halogens is 2. The third-order valence-corrected chi connectivity index (χ3v) is 3.51. The lowest BCUT2D eigenvalue weighted by atomic mass is 10.2. The van der Waals surface area contributed by atoms with Crippen molar-refractivity contribution in [2.75, 3.05) is 5.32 Å². The first-order chi connectivity index (χ1) is 9.47. The maximum Gasteiger partial charge on any atom is 0.296 e. The molecule has 0 aliphatic rings. The molecule has 0 radical (unpaired) electrons. The second kappa shape index (κ2) is 6.11. The van der Waals surface area contributed by atoms with Gasteiger partial charge in [0.05, 0.1) is 11.0 Å². The smallest absolute Gasteiger partial charge is 0.296 e. The first kappa shape index (κ1) is 14.6. The zero-order valence-corrected chi connectivity index (χ0v) is 12.5. The lowest BCUT2D eigenvalue weighted by molar-refractivity contribution is -0.384. The molecule has 2 aromatic carbocycles. The number of hydrogen-bond donors (Lipinski definition) is 2. The van der Waals surface area contributed by atoms with E-state index in [1.54, 1.807) is 6.07 Å². The quantitative estimate of drug-likeness (QED) is 0.485. The molecule has 2 rings (SSSR count). The first-order valence-electron chi connectivity index (χ1n) is 5.62. The Bertz CT molecular complexity index is 664. The predicted molar refractivity (Wildman–Crippen MR) is 81.2 cm³/mol. The van der Waals surface area contributed by atoms with Crippen molar-refractivity contribution in [1.82, 2.24) is 0 Å². The number of benzene rings is 2. The topological polar surface area (TPSA) is 75.4 Å². The Hall–Kier alpha value is -1.79. The van der Waals surface area contributed by atoms with Gasteiger partial charge in [-0.15, -0.1) is 0 Å². The summed E-state index contributed by atoms with van der Waals surface area (Å²) in [5.74, 6) is -0.149. The third-order valence-electron chi connectivity index (χ3n) is 2.66. The van der Waals surface area contributed by atoms with Gasteiger partial charge in [-0.3, -0.25) is 10.1 Å². The second-order valence-electron chi connectivity index (χ2n) is 4.05. The zero-order chi connectivity index (χ0) is 14.7. The molecule has 0 heterocycles. The molecule has 0 aliphatic carbocycles. The van der Waals surface area contributed by atoms with E-state index >= 15 is 0 Å². The summed E-state index contributed by atoms with van der Waals surface area (Å²) in [6, 6.07) is 9.37. The van der Waals surface area contributed by atoms with Crippen molar-refractivity contribution in [3.05, 3.63) is 61.6 Å². The predicted octanol–water partition coefficient (Wildman–Crippen LogP) is 4.33. The third kappa shape index (κ3) is 3.40. The van der Waals surface area contributed by atoms with Gasteiger partial charge in [-0.1, -0.05) is 33.6 Å². The van der Waals surface area contributed by atoms with E-state index in [2.05, 4.69) is 21.2 Å². The normalized spacial score (nSPS) is 10.3. The van der Waals surface area contributed by atoms with Crippen LogP contribution < -0.4 is 5.32 Å². The monoisotopic (exact) mass is 356 g/mol. The molecule has 0 saturated carbocycles. The second-order valence-corrected chi connectivity index (χ2v) is 5.37. The summed E-state index contributed by atoms with van der Waals surface area (Å²) >= 11 is 9.39. The van der Waals surface area contributed by atoms with Crippen molar-refractivity contribution in [1.29, 1.82) is 0 Å². The van der Waals surface area contributed by atoms with Crippen LogP contribution >= 0.6 is 27.5 Å². The summed E-state index contributed by atoms with van der Waals surface area (Å²) in [5.41, 5.74) is 0.960. The van der Waals surface area contributed by atoms with Crippen LogP contribution in [0.5, 0.6) is 5.75 Å². The Kier molecular flexibility index (Phi) is 4.46. The van der Waals surface area contributed by atoms with E-state index in [0.29, 0.717) is 17.3 Å². The molecular formula is C13H10BrClN2O3. The molecule has 0 spiro atoms. The number of phenolic OH excluding ortho intramolecular Hbond substituents is 1. The van der Waals surface area contributed by atoms with Crippen LogP contribution in [0.25, 0.3) is 0 Å². The van der Waals surface area contributed by atoms with Gasteiger partial charge in [0.25, 0.3) is 5.69 Å². The van der Waals surface area contributed by atoms with Gasteiger partial charge >= 0.3 is 0 Å². The Morgan fingerprint density at radius 2 is 2.05 bits per heavy atom. The lowest BCUT2D eigenvalue weighted by Gasteiger charge is -2.09. The highest BCUT2D eigenvalue weighted by atomic mass is 79.9. The fraction of sp³-hybridized carbons (Fsp3) is 0.0769. The average Bonchev–Trinajstić information content (AvgIpc) is 2.38. The van der Waals surface area contributed by atoms with Gasteiger partial charge in [-0.05, 0) is 29.8 Å². The summed E-state index contributed by atoms with van der Waals surface area (Å²) in [7, 11) is 0. The molecule has 0 amide bonds. The van der Waals surface area contributed by atoms with Gasteiger partial charge in [0.1, 0.15) is 11.4 Å². The number of anilines is 1. The highest BCUT2D eigenvalue weighted by Crippen LogP contribution is 2.29. The molecular weight excluding hydrogens is 348 g/mol. The van der Waals surface area contributed by atoms with Crippen LogP contribution in [-0.2, 0) is 6.54 Å². The number of phenols is 1. The largest absolute Gasteiger partial charge is 0.508 e. The van der Waals surface area contributed by atoms with Gasteiger partial charge in [-0.25, -0.2) is 0 Å². The van der Waals surface area contributed by atoms with Crippen LogP contribution in [0.2, 0.25) is 5.02 Å². The lowest BCUT2D eigenvalue weighted by Crippen LogP contribution is -2.03. The van der Waals surface area contributed by atoms with E-state index in [9.17, 15) is 15.2 Å². The van der Waals surface area contributed by atoms with E-state index in [4.69, 9.17) is 11.6 Å². The average molecular weight is 358 g/mol. The minimum absolute atomic E-state index is 0.149. The summed E-state index contributed by atoms with van der Waals surface area (Å²) in [4.78, 5) is 10.4. The van der Waals surface area contributed by atoms with E-state index in [1.807, 2.05) is 12.1 Å². The summed E-state index contributed by atoms with van der Waals surface area (Å²) < 4.78 is 0.863. The van der Waals surface area contributed by atoms with Gasteiger partial charge in [0, 0.05) is 16.0 Å². The van der Waals surface area contributed by atoms with Crippen LogP contribution in [0.1, 0.15) is 5.56 Å². The zero-order valence-electron chi connectivity index (χ0n) is 10.1. The molecule has 104 valence electrons. The van der Waals surface area contributed by atoms with Crippen LogP contribution in [0, 0.1) is 10.1 Å². The number of nitrogens with one attached hydrogen (secondary N) is 1. The van der Waals surface area contributed by atoms with Crippen LogP contribution in [0.4, 0.5) is 11.4 Å². The van der Waals surface area contributed by atoms with Crippen LogP contribution in [0.15, 0.2) is 40.9 Å². The van der Waals surface area contributed by atoms with Crippen molar-refractivity contribution in [3.63, 3.8) is 0 Å². The molecule has 7 heteroatoms. The number of rotatable bonds is 4. The maximum absolute atomic E-state index is 10.9. The minimum atomic E-state index is -0.550. The Morgan fingerprint density at radius 3 is 2.70 bits per heavy atom. The van der Waals surface area contributed by atoms with E-state index in [0.717, 1.165) is 16.1 Å². The molecule has 0 atom stereocenters. The molecule has 0 aromatic heterocycles. The van der Waals surface area contributed by atoms with Crippen molar-refractivity contribution < 1.29 is 10.0 Å². The summed E-state index contributed by atoms with van der Waals surface area (Å²) in [5, 5.41) is 23.7. The molecule has 0 saturated heterocycles. The summed E-state index contributed by atoms with van der Waals surface area (Å²) in [6.07, 6.45) is 0. The standard InChI is InChI=1S/C13H10BrClN2O3/c14-9-2-1-8(11(15)5-9)7-16-12-4-3-10(18)6-13(12)17(19)20/h1-6,16,18H,7H2. The Balaban J connectivity index is 2.20. The minimum Gasteiger partial charge on any atom is -0.508 e. The molecule has 0 aliphatic heterocycles. The van der Waals surface area contributed by atoms with E-state index in [-0.39, 0.29) is 11.4 Å². The number of nitro groups is 1. The Labute approximate surface area is 128 Å². The van der Waals surface area contributed by atoms with Crippen LogP contribution in [-0.4, -0.2) is 10.0 Å². The van der Waals surface area contributed by atoms with Gasteiger partial charge in [-0.2, -0.15) is 0 Å². The van der Waals surface area contributed by atoms with Gasteiger partial charge in [0.15, 0.2) is 0 Å². The number of nitro benzene ring substituents is 1. The molecule has 5 nitrogen and oxygen atoms in total. The molecule has 0 unspecified atom stereocenters. The molecule has 2 N–H and O–H groups in total. The maximum atomic E-state index is 10.9. The SMILES string of the molecule is O=[N+]([O-])c1cc(O)ccc1NCc1ccc(Br)cc1Cl. The van der Waals surface area contributed by atoms with Crippen molar-refractivity contribution in [3.8, 4) is 5.75 Å². The molecule has 0 bridgehead atoms. The Morgan fingerprint density at radius 1 is 1.30 bits per heavy atom. The molecule has 20 heavy (non-hydrogen) atoms. The number of nitrogens with zero attached hydrogens (tertiary/aromatic N) is 1. The van der Waals surface area contributed by atoms with Gasteiger partial charge in [0.2, 0.25) is 0 Å². The first-order valence-corrected chi connectivity index (χ1v) is 6.79. The van der Waals surface area contributed by atoms with Crippen molar-refractivity contribution in [2.45, 2.75) is 6.54 Å². The fourth-order valence-electron chi connectivity index (χ4n) is 1.68. The number of aromatic hydroxyl groups is 1. The van der Waals surface area contributed by atoms with Crippen molar-refractivity contribution >= 4 is 38.9 Å². The van der Waals surface area contributed by atoms with E-state index < -0.39 is 4.92 Å².